The zero-order valence-corrected chi connectivity index (χ0v) is 17.7. The minimum Gasteiger partial charge on any atom is -0.492 e. The Labute approximate surface area is 168 Å². The van der Waals surface area contributed by atoms with E-state index >= 15 is 0 Å². The smallest absolute Gasteiger partial charge is 0.175 e. The number of aryl methyl sites for hydroxylation is 1. The molecule has 0 aliphatic heterocycles. The maximum absolute atomic E-state index is 11.6. The average Bonchev–Trinajstić information content (AvgIpc) is 2.58. The molecule has 0 saturated heterocycles. The van der Waals surface area contributed by atoms with E-state index in [4.69, 9.17) is 9.47 Å². The van der Waals surface area contributed by atoms with Crippen molar-refractivity contribution in [2.24, 2.45) is 0 Å². The molecule has 6 nitrogen and oxygen atoms in total. The van der Waals surface area contributed by atoms with Crippen LogP contribution in [0.1, 0.15) is 5.56 Å². The quantitative estimate of drug-likeness (QED) is 0.533. The summed E-state index contributed by atoms with van der Waals surface area (Å²) in [6, 6.07) is 12.4. The van der Waals surface area contributed by atoms with E-state index in [9.17, 15) is 13.5 Å². The topological polar surface area (TPSA) is 84.9 Å². The van der Waals surface area contributed by atoms with Gasteiger partial charge in [0.15, 0.2) is 9.84 Å². The molecule has 0 aliphatic rings. The summed E-state index contributed by atoms with van der Waals surface area (Å²) in [6.07, 6.45) is 0.483. The summed E-state index contributed by atoms with van der Waals surface area (Å²) in [5.41, 5.74) is 0.618. The standard InChI is InChI=1S/C19H24BrNO5S/c1-14-10-18(6-7-19(14)27(2,23)24)26-13-16(22)12-21-8-9-25-17-5-3-4-15(20)11-17/h3-7,10-11,16,21-22H,8-9,12-13H2,1-2H3. The van der Waals surface area contributed by atoms with Crippen LogP contribution in [0.3, 0.4) is 0 Å². The van der Waals surface area contributed by atoms with Crippen molar-refractivity contribution in [3.8, 4) is 11.5 Å². The van der Waals surface area contributed by atoms with Crippen LogP contribution in [0.25, 0.3) is 0 Å². The summed E-state index contributed by atoms with van der Waals surface area (Å²) in [6.45, 7) is 3.26. The van der Waals surface area contributed by atoms with Crippen LogP contribution < -0.4 is 14.8 Å². The minimum atomic E-state index is -3.25. The lowest BCUT2D eigenvalue weighted by molar-refractivity contribution is 0.105. The molecule has 0 bridgehead atoms. The Morgan fingerprint density at radius 1 is 1.15 bits per heavy atom. The molecule has 0 radical (unpaired) electrons. The maximum Gasteiger partial charge on any atom is 0.175 e. The highest BCUT2D eigenvalue weighted by Crippen LogP contribution is 2.21. The Kier molecular flexibility index (Phi) is 8.09. The molecule has 0 spiro atoms. The maximum atomic E-state index is 11.6. The molecule has 1 atom stereocenters. The molecule has 0 aromatic heterocycles. The highest BCUT2D eigenvalue weighted by molar-refractivity contribution is 9.10. The van der Waals surface area contributed by atoms with Gasteiger partial charge >= 0.3 is 0 Å². The molecule has 8 heteroatoms. The summed E-state index contributed by atoms with van der Waals surface area (Å²) in [4.78, 5) is 0.280. The van der Waals surface area contributed by atoms with Crippen molar-refractivity contribution in [3.63, 3.8) is 0 Å². The largest absolute Gasteiger partial charge is 0.492 e. The van der Waals surface area contributed by atoms with Crippen LogP contribution in [0.4, 0.5) is 0 Å². The normalized spacial score (nSPS) is 12.6. The first-order valence-corrected chi connectivity index (χ1v) is 11.1. The number of halogens is 1. The minimum absolute atomic E-state index is 0.108. The number of nitrogens with one attached hydrogen (secondary N) is 1. The molecule has 2 rings (SSSR count). The van der Waals surface area contributed by atoms with Crippen molar-refractivity contribution in [1.29, 1.82) is 0 Å². The van der Waals surface area contributed by atoms with Crippen LogP contribution in [0.5, 0.6) is 11.5 Å². The second kappa shape index (κ2) is 10.1. The predicted molar refractivity (Wildman–Crippen MR) is 108 cm³/mol. The van der Waals surface area contributed by atoms with E-state index in [0.29, 0.717) is 31.0 Å². The molecule has 2 aromatic rings. The van der Waals surface area contributed by atoms with Gasteiger partial charge < -0.3 is 19.9 Å². The SMILES string of the molecule is Cc1cc(OCC(O)CNCCOc2cccc(Br)c2)ccc1S(C)(=O)=O. The summed E-state index contributed by atoms with van der Waals surface area (Å²) >= 11 is 3.39. The van der Waals surface area contributed by atoms with Gasteiger partial charge in [-0.1, -0.05) is 22.0 Å². The fourth-order valence-corrected chi connectivity index (χ4v) is 3.78. The van der Waals surface area contributed by atoms with Gasteiger partial charge in [0.25, 0.3) is 0 Å². The number of ether oxygens (including phenoxy) is 2. The second-order valence-electron chi connectivity index (χ2n) is 6.17. The van der Waals surface area contributed by atoms with Crippen molar-refractivity contribution in [3.05, 3.63) is 52.5 Å². The molecule has 0 aliphatic carbocycles. The lowest BCUT2D eigenvalue weighted by Crippen LogP contribution is -2.33. The number of hydrogen-bond acceptors (Lipinski definition) is 6. The van der Waals surface area contributed by atoms with E-state index < -0.39 is 15.9 Å². The summed E-state index contributed by atoms with van der Waals surface area (Å²) in [5, 5.41) is 13.1. The summed E-state index contributed by atoms with van der Waals surface area (Å²) < 4.78 is 35.3. The number of aliphatic hydroxyl groups is 1. The van der Waals surface area contributed by atoms with Gasteiger partial charge in [-0.2, -0.15) is 0 Å². The zero-order valence-electron chi connectivity index (χ0n) is 15.3. The van der Waals surface area contributed by atoms with Gasteiger partial charge in [-0.25, -0.2) is 8.42 Å². The van der Waals surface area contributed by atoms with Crippen LogP contribution >= 0.6 is 15.9 Å². The van der Waals surface area contributed by atoms with E-state index in [2.05, 4.69) is 21.2 Å². The first-order chi connectivity index (χ1) is 12.8. The first kappa shape index (κ1) is 21.7. The van der Waals surface area contributed by atoms with E-state index in [1.54, 1.807) is 19.1 Å². The predicted octanol–water partition coefficient (Wildman–Crippen LogP) is 2.57. The molecule has 1 unspecified atom stereocenters. The summed E-state index contributed by atoms with van der Waals surface area (Å²) in [7, 11) is -3.25. The van der Waals surface area contributed by atoms with E-state index in [0.717, 1.165) is 10.2 Å². The third-order valence-corrected chi connectivity index (χ3v) is 5.46. The molecule has 0 amide bonds. The van der Waals surface area contributed by atoms with Gasteiger partial charge in [0.05, 0.1) is 4.90 Å². The number of benzene rings is 2. The fraction of sp³-hybridized carbons (Fsp3) is 0.368. The van der Waals surface area contributed by atoms with Crippen LogP contribution in [0, 0.1) is 6.92 Å². The fourth-order valence-electron chi connectivity index (χ4n) is 2.45. The van der Waals surface area contributed by atoms with Gasteiger partial charge in [-0.3, -0.25) is 0 Å². The lowest BCUT2D eigenvalue weighted by atomic mass is 10.2. The second-order valence-corrected chi connectivity index (χ2v) is 9.07. The third-order valence-electron chi connectivity index (χ3n) is 3.71. The molecule has 148 valence electrons. The Balaban J connectivity index is 1.67. The van der Waals surface area contributed by atoms with Crippen molar-refractivity contribution < 1.29 is 23.0 Å². The summed E-state index contributed by atoms with van der Waals surface area (Å²) in [5.74, 6) is 1.31. The Bertz CT molecular complexity index is 857. The van der Waals surface area contributed by atoms with E-state index in [1.807, 2.05) is 24.3 Å². The highest BCUT2D eigenvalue weighted by atomic mass is 79.9. The molecule has 0 saturated carbocycles. The number of rotatable bonds is 10. The molecule has 0 fully saturated rings. The Hall–Kier alpha value is -1.61. The van der Waals surface area contributed by atoms with Crippen LogP contribution in [-0.4, -0.2) is 52.2 Å². The van der Waals surface area contributed by atoms with E-state index in [1.165, 1.54) is 12.3 Å². The van der Waals surface area contributed by atoms with Gasteiger partial charge in [0.2, 0.25) is 0 Å². The van der Waals surface area contributed by atoms with Gasteiger partial charge in [-0.15, -0.1) is 0 Å². The highest BCUT2D eigenvalue weighted by Gasteiger charge is 2.12. The third kappa shape index (κ3) is 7.50. The van der Waals surface area contributed by atoms with Crippen molar-refractivity contribution in [2.75, 3.05) is 32.6 Å². The van der Waals surface area contributed by atoms with Crippen LogP contribution in [0.15, 0.2) is 51.8 Å². The molecule has 2 N–H and O–H groups in total. The number of aliphatic hydroxyl groups excluding tert-OH is 1. The Morgan fingerprint density at radius 3 is 2.56 bits per heavy atom. The first-order valence-electron chi connectivity index (χ1n) is 8.46. The van der Waals surface area contributed by atoms with Crippen LogP contribution in [0.2, 0.25) is 0 Å². The average molecular weight is 458 g/mol. The lowest BCUT2D eigenvalue weighted by Gasteiger charge is -2.14. The molecule has 27 heavy (non-hydrogen) atoms. The van der Waals surface area contributed by atoms with Crippen molar-refractivity contribution >= 4 is 25.8 Å². The molecule has 2 aromatic carbocycles. The van der Waals surface area contributed by atoms with E-state index in [-0.39, 0.29) is 11.5 Å². The zero-order chi connectivity index (χ0) is 19.9. The van der Waals surface area contributed by atoms with Gasteiger partial charge in [-0.05, 0) is 48.9 Å². The van der Waals surface area contributed by atoms with Crippen molar-refractivity contribution in [2.45, 2.75) is 17.9 Å². The molecular weight excluding hydrogens is 434 g/mol. The van der Waals surface area contributed by atoms with Crippen LogP contribution in [-0.2, 0) is 9.84 Å². The molecular formula is C19H24BrNO5S. The van der Waals surface area contributed by atoms with Gasteiger partial charge in [0, 0.05) is 23.8 Å². The number of hydrogen-bond donors (Lipinski definition) is 2. The number of sulfone groups is 1. The monoisotopic (exact) mass is 457 g/mol. The molecule has 0 heterocycles. The Morgan fingerprint density at radius 2 is 1.89 bits per heavy atom. The van der Waals surface area contributed by atoms with Gasteiger partial charge in [0.1, 0.15) is 30.8 Å². The van der Waals surface area contributed by atoms with Crippen molar-refractivity contribution in [1.82, 2.24) is 5.32 Å².